The Kier molecular flexibility index (Phi) is 8.28. The molecule has 2 rings (SSSR count). The minimum Gasteiger partial charge on any atom is -0.460 e. The molecule has 8 heteroatoms. The molecule has 0 aromatic heterocycles. The highest BCUT2D eigenvalue weighted by atomic mass is 16.6. The molecule has 0 aromatic rings. The highest BCUT2D eigenvalue weighted by Crippen LogP contribution is 2.21. The zero-order chi connectivity index (χ0) is 18.1. The van der Waals surface area contributed by atoms with Gasteiger partial charge in [-0.1, -0.05) is 13.5 Å². The topological polar surface area (TPSA) is 99.3 Å². The standard InChI is InChI=1S/C17H28O8/c1-3-16(19)25-5-13(18)4-20-10-17(2,11-21-6-14-8-23-14)12-22-7-15-9-24-15/h3,13-15,18H,1,4-12H2,2H3. The molecule has 2 heterocycles. The van der Waals surface area contributed by atoms with Crippen LogP contribution in [0.1, 0.15) is 6.92 Å². The first-order valence-electron chi connectivity index (χ1n) is 8.44. The van der Waals surface area contributed by atoms with Gasteiger partial charge in [-0.25, -0.2) is 4.79 Å². The Bertz CT molecular complexity index is 401. The minimum absolute atomic E-state index is 0.0531. The van der Waals surface area contributed by atoms with Crippen molar-refractivity contribution in [2.24, 2.45) is 5.41 Å². The molecule has 0 aromatic carbocycles. The van der Waals surface area contributed by atoms with Crippen molar-refractivity contribution in [2.45, 2.75) is 25.2 Å². The van der Waals surface area contributed by atoms with Crippen molar-refractivity contribution in [2.75, 3.05) is 59.5 Å². The molecule has 0 spiro atoms. The molecule has 2 fully saturated rings. The van der Waals surface area contributed by atoms with Gasteiger partial charge in [0.1, 0.15) is 24.9 Å². The molecule has 3 atom stereocenters. The van der Waals surface area contributed by atoms with Crippen LogP contribution in [0.3, 0.4) is 0 Å². The molecule has 0 bridgehead atoms. The molecule has 0 radical (unpaired) electrons. The van der Waals surface area contributed by atoms with Crippen LogP contribution >= 0.6 is 0 Å². The summed E-state index contributed by atoms with van der Waals surface area (Å²) in [6, 6.07) is 0. The predicted octanol–water partition coefficient (Wildman–Crippen LogP) is -0.0698. The van der Waals surface area contributed by atoms with Crippen molar-refractivity contribution in [3.63, 3.8) is 0 Å². The number of epoxide rings is 2. The SMILES string of the molecule is C=CC(=O)OCC(O)COCC(C)(COCC1CO1)COCC1CO1. The number of aliphatic hydroxyl groups excluding tert-OH is 1. The van der Waals surface area contributed by atoms with Gasteiger partial charge in [0, 0.05) is 11.5 Å². The van der Waals surface area contributed by atoms with E-state index in [1.165, 1.54) is 0 Å². The number of carbonyl (C=O) groups excluding carboxylic acids is 1. The number of hydrogen-bond acceptors (Lipinski definition) is 8. The molecule has 1 N–H and O–H groups in total. The molecule has 2 aliphatic heterocycles. The van der Waals surface area contributed by atoms with E-state index in [9.17, 15) is 9.90 Å². The zero-order valence-electron chi connectivity index (χ0n) is 14.7. The third-order valence-corrected chi connectivity index (χ3v) is 3.66. The Balaban J connectivity index is 1.65. The van der Waals surface area contributed by atoms with Gasteiger partial charge in [0.15, 0.2) is 0 Å². The summed E-state index contributed by atoms with van der Waals surface area (Å²) in [6.45, 7) is 9.08. The lowest BCUT2D eigenvalue weighted by Crippen LogP contribution is -2.36. The molecular formula is C17H28O8. The fourth-order valence-electron chi connectivity index (χ4n) is 2.05. The van der Waals surface area contributed by atoms with Crippen molar-refractivity contribution in [1.82, 2.24) is 0 Å². The second-order valence-corrected chi connectivity index (χ2v) is 6.75. The minimum atomic E-state index is -0.894. The van der Waals surface area contributed by atoms with Crippen molar-refractivity contribution in [3.8, 4) is 0 Å². The van der Waals surface area contributed by atoms with Crippen LogP contribution in [0.2, 0.25) is 0 Å². The summed E-state index contributed by atoms with van der Waals surface area (Å²) in [5.74, 6) is -0.574. The lowest BCUT2D eigenvalue weighted by molar-refractivity contribution is -0.142. The normalized spacial score (nSPS) is 25.0. The van der Waals surface area contributed by atoms with Crippen LogP contribution in [-0.2, 0) is 33.2 Å². The smallest absolute Gasteiger partial charge is 0.330 e. The lowest BCUT2D eigenvalue weighted by Gasteiger charge is -2.29. The van der Waals surface area contributed by atoms with Crippen LogP contribution in [0.4, 0.5) is 0 Å². The summed E-state index contributed by atoms with van der Waals surface area (Å²) in [4.78, 5) is 11.0. The summed E-state index contributed by atoms with van der Waals surface area (Å²) in [7, 11) is 0. The van der Waals surface area contributed by atoms with E-state index in [4.69, 9.17) is 28.4 Å². The number of ether oxygens (including phenoxy) is 6. The average Bonchev–Trinajstić information content (AvgIpc) is 3.47. The van der Waals surface area contributed by atoms with Crippen LogP contribution < -0.4 is 0 Å². The van der Waals surface area contributed by atoms with E-state index in [0.29, 0.717) is 33.0 Å². The number of hydrogen-bond donors (Lipinski definition) is 1. The zero-order valence-corrected chi connectivity index (χ0v) is 14.7. The number of aliphatic hydroxyl groups is 1. The number of carbonyl (C=O) groups is 1. The van der Waals surface area contributed by atoms with Crippen molar-refractivity contribution in [1.29, 1.82) is 0 Å². The average molecular weight is 360 g/mol. The summed E-state index contributed by atoms with van der Waals surface area (Å²) < 4.78 is 32.0. The Morgan fingerprint density at radius 3 is 2.16 bits per heavy atom. The fraction of sp³-hybridized carbons (Fsp3) is 0.824. The van der Waals surface area contributed by atoms with E-state index in [1.807, 2.05) is 6.92 Å². The van der Waals surface area contributed by atoms with E-state index >= 15 is 0 Å². The van der Waals surface area contributed by atoms with Gasteiger partial charge in [-0.3, -0.25) is 0 Å². The fourth-order valence-corrected chi connectivity index (χ4v) is 2.05. The second-order valence-electron chi connectivity index (χ2n) is 6.75. The van der Waals surface area contributed by atoms with Gasteiger partial charge in [0.05, 0.1) is 52.9 Å². The number of esters is 1. The van der Waals surface area contributed by atoms with Gasteiger partial charge in [0.25, 0.3) is 0 Å². The lowest BCUT2D eigenvalue weighted by atomic mass is 9.94. The molecule has 2 saturated heterocycles. The van der Waals surface area contributed by atoms with Gasteiger partial charge < -0.3 is 33.5 Å². The van der Waals surface area contributed by atoms with E-state index in [-0.39, 0.29) is 30.8 Å². The van der Waals surface area contributed by atoms with Crippen molar-refractivity contribution < 1.29 is 38.3 Å². The molecule has 0 saturated carbocycles. The van der Waals surface area contributed by atoms with E-state index < -0.39 is 12.1 Å². The van der Waals surface area contributed by atoms with Gasteiger partial charge in [0.2, 0.25) is 0 Å². The first kappa shape index (κ1) is 20.3. The molecule has 0 amide bonds. The summed E-state index contributed by atoms with van der Waals surface area (Å²) in [5.41, 5.74) is -0.360. The maximum absolute atomic E-state index is 11.0. The third kappa shape index (κ3) is 9.29. The van der Waals surface area contributed by atoms with Crippen molar-refractivity contribution >= 4 is 5.97 Å². The van der Waals surface area contributed by atoms with Crippen molar-refractivity contribution in [3.05, 3.63) is 12.7 Å². The molecule has 3 unspecified atom stereocenters. The van der Waals surface area contributed by atoms with Gasteiger partial charge in [-0.05, 0) is 0 Å². The van der Waals surface area contributed by atoms with Gasteiger partial charge in [-0.2, -0.15) is 0 Å². The van der Waals surface area contributed by atoms with Crippen LogP contribution in [0, 0.1) is 5.41 Å². The van der Waals surface area contributed by atoms with Crippen LogP contribution in [0.25, 0.3) is 0 Å². The van der Waals surface area contributed by atoms with Crippen LogP contribution in [-0.4, -0.2) is 88.8 Å². The second kappa shape index (κ2) is 10.2. The molecule has 2 aliphatic rings. The first-order chi connectivity index (χ1) is 12.0. The van der Waals surface area contributed by atoms with Crippen LogP contribution in [0.15, 0.2) is 12.7 Å². The molecule has 0 aliphatic carbocycles. The molecule has 25 heavy (non-hydrogen) atoms. The van der Waals surface area contributed by atoms with E-state index in [2.05, 4.69) is 6.58 Å². The maximum Gasteiger partial charge on any atom is 0.330 e. The monoisotopic (exact) mass is 360 g/mol. The largest absolute Gasteiger partial charge is 0.460 e. The number of rotatable bonds is 15. The van der Waals surface area contributed by atoms with E-state index in [0.717, 1.165) is 19.3 Å². The Morgan fingerprint density at radius 2 is 1.68 bits per heavy atom. The first-order valence-corrected chi connectivity index (χ1v) is 8.44. The molecule has 8 nitrogen and oxygen atoms in total. The quantitative estimate of drug-likeness (QED) is 0.246. The summed E-state index contributed by atoms with van der Waals surface area (Å²) in [5, 5.41) is 9.77. The molecular weight excluding hydrogens is 332 g/mol. The Morgan fingerprint density at radius 1 is 1.16 bits per heavy atom. The summed E-state index contributed by atoms with van der Waals surface area (Å²) >= 11 is 0. The third-order valence-electron chi connectivity index (χ3n) is 3.66. The summed E-state index contributed by atoms with van der Waals surface area (Å²) in [6.07, 6.45) is 0.557. The molecule has 144 valence electrons. The van der Waals surface area contributed by atoms with Gasteiger partial charge >= 0.3 is 5.97 Å². The Labute approximate surface area is 148 Å². The predicted molar refractivity (Wildman–Crippen MR) is 87.2 cm³/mol. The maximum atomic E-state index is 11.0. The Hall–Kier alpha value is -1.03. The highest BCUT2D eigenvalue weighted by molar-refractivity contribution is 5.81. The highest BCUT2D eigenvalue weighted by Gasteiger charge is 2.30. The van der Waals surface area contributed by atoms with Gasteiger partial charge in [-0.15, -0.1) is 0 Å². The van der Waals surface area contributed by atoms with E-state index in [1.54, 1.807) is 0 Å². The van der Waals surface area contributed by atoms with Crippen LogP contribution in [0.5, 0.6) is 0 Å².